The summed E-state index contributed by atoms with van der Waals surface area (Å²) in [6.45, 7) is 0. The predicted octanol–water partition coefficient (Wildman–Crippen LogP) is 2.15. The van der Waals surface area contributed by atoms with Crippen molar-refractivity contribution in [3.8, 4) is 17.5 Å². The van der Waals surface area contributed by atoms with E-state index in [2.05, 4.69) is 29.6 Å². The number of nitrogens with zero attached hydrogens (tertiary/aromatic N) is 2. The average Bonchev–Trinajstić information content (AvgIpc) is 2.80. The fraction of sp³-hybridized carbons (Fsp3) is 0.0833. The van der Waals surface area contributed by atoms with Gasteiger partial charge in [-0.3, -0.25) is 0 Å². The van der Waals surface area contributed by atoms with E-state index in [1.165, 1.54) is 0 Å². The van der Waals surface area contributed by atoms with Crippen LogP contribution in [-0.4, -0.2) is 15.5 Å². The third-order valence-corrected chi connectivity index (χ3v) is 2.11. The first-order valence-corrected chi connectivity index (χ1v) is 5.23. The van der Waals surface area contributed by atoms with Gasteiger partial charge in [0.25, 0.3) is 0 Å². The molecule has 2 nitrogen and oxygen atoms in total. The Balaban J connectivity index is 2.25. The lowest BCUT2D eigenvalue weighted by Gasteiger charge is -2.00. The van der Waals surface area contributed by atoms with Gasteiger partial charge in [-0.05, 0) is 30.3 Å². The van der Waals surface area contributed by atoms with Crippen molar-refractivity contribution in [2.75, 3.05) is 5.75 Å². The standard InChI is InChI=1S/C12H10N2S/c15-10-1-3-11-4-6-12(7-5-11)14-9-2-8-13-14/h2,4-9,15H,10H2. The van der Waals surface area contributed by atoms with Crippen LogP contribution in [-0.2, 0) is 0 Å². The molecule has 0 saturated heterocycles. The maximum atomic E-state index is 4.15. The Bertz CT molecular complexity index is 475. The fourth-order valence-corrected chi connectivity index (χ4v) is 1.34. The first-order valence-electron chi connectivity index (χ1n) is 4.60. The molecule has 1 heterocycles. The van der Waals surface area contributed by atoms with Gasteiger partial charge in [-0.25, -0.2) is 4.68 Å². The summed E-state index contributed by atoms with van der Waals surface area (Å²) in [5.41, 5.74) is 2.04. The first-order chi connectivity index (χ1) is 7.40. The lowest BCUT2D eigenvalue weighted by Crippen LogP contribution is -1.93. The lowest BCUT2D eigenvalue weighted by molar-refractivity contribution is 0.880. The molecular formula is C12H10N2S. The van der Waals surface area contributed by atoms with E-state index in [0.29, 0.717) is 5.75 Å². The maximum Gasteiger partial charge on any atom is 0.0646 e. The molecule has 0 aliphatic carbocycles. The van der Waals surface area contributed by atoms with Gasteiger partial charge in [0.1, 0.15) is 0 Å². The largest absolute Gasteiger partial charge is 0.241 e. The molecule has 0 aliphatic heterocycles. The van der Waals surface area contributed by atoms with Crippen molar-refractivity contribution in [2.24, 2.45) is 0 Å². The Morgan fingerprint density at radius 2 is 2.07 bits per heavy atom. The van der Waals surface area contributed by atoms with Gasteiger partial charge in [-0.1, -0.05) is 11.8 Å². The molecule has 0 unspecified atom stereocenters. The summed E-state index contributed by atoms with van der Waals surface area (Å²) in [5.74, 6) is 6.51. The Morgan fingerprint density at radius 1 is 1.27 bits per heavy atom. The zero-order chi connectivity index (χ0) is 10.5. The van der Waals surface area contributed by atoms with Crippen molar-refractivity contribution in [1.82, 2.24) is 9.78 Å². The van der Waals surface area contributed by atoms with Gasteiger partial charge in [0, 0.05) is 18.0 Å². The zero-order valence-corrected chi connectivity index (χ0v) is 8.98. The lowest BCUT2D eigenvalue weighted by atomic mass is 10.2. The van der Waals surface area contributed by atoms with Gasteiger partial charge in [-0.15, -0.1) is 0 Å². The fourth-order valence-electron chi connectivity index (χ4n) is 1.26. The monoisotopic (exact) mass is 214 g/mol. The van der Waals surface area contributed by atoms with Crippen molar-refractivity contribution in [2.45, 2.75) is 0 Å². The van der Waals surface area contributed by atoms with E-state index in [1.54, 1.807) is 6.20 Å². The highest BCUT2D eigenvalue weighted by molar-refractivity contribution is 7.80. The van der Waals surface area contributed by atoms with Crippen molar-refractivity contribution in [3.63, 3.8) is 0 Å². The van der Waals surface area contributed by atoms with Crippen LogP contribution in [0.25, 0.3) is 5.69 Å². The number of rotatable bonds is 1. The van der Waals surface area contributed by atoms with E-state index in [-0.39, 0.29) is 0 Å². The SMILES string of the molecule is SCC#Cc1ccc(-n2cccn2)cc1. The molecule has 0 saturated carbocycles. The molecule has 2 aromatic rings. The Morgan fingerprint density at radius 3 is 2.67 bits per heavy atom. The summed E-state index contributed by atoms with van der Waals surface area (Å²) in [4.78, 5) is 0. The molecular weight excluding hydrogens is 204 g/mol. The second kappa shape index (κ2) is 4.72. The van der Waals surface area contributed by atoms with Gasteiger partial charge in [-0.2, -0.15) is 17.7 Å². The molecule has 0 aliphatic rings. The van der Waals surface area contributed by atoms with Crippen LogP contribution >= 0.6 is 12.6 Å². The molecule has 0 amide bonds. The van der Waals surface area contributed by atoms with Crippen molar-refractivity contribution < 1.29 is 0 Å². The van der Waals surface area contributed by atoms with Crippen LogP contribution in [0.2, 0.25) is 0 Å². The molecule has 1 aromatic heterocycles. The van der Waals surface area contributed by atoms with E-state index >= 15 is 0 Å². The van der Waals surface area contributed by atoms with E-state index in [1.807, 2.05) is 41.2 Å². The topological polar surface area (TPSA) is 17.8 Å². The second-order valence-electron chi connectivity index (χ2n) is 2.96. The molecule has 0 radical (unpaired) electrons. The summed E-state index contributed by atoms with van der Waals surface area (Å²) in [7, 11) is 0. The molecule has 3 heteroatoms. The predicted molar refractivity (Wildman–Crippen MR) is 64.3 cm³/mol. The number of hydrogen-bond donors (Lipinski definition) is 1. The third-order valence-electron chi connectivity index (χ3n) is 1.95. The van der Waals surface area contributed by atoms with Crippen LogP contribution in [0.15, 0.2) is 42.7 Å². The van der Waals surface area contributed by atoms with Gasteiger partial charge in [0.15, 0.2) is 0 Å². The van der Waals surface area contributed by atoms with E-state index in [0.717, 1.165) is 11.3 Å². The highest BCUT2D eigenvalue weighted by atomic mass is 32.1. The molecule has 2 rings (SSSR count). The summed E-state index contributed by atoms with van der Waals surface area (Å²) in [5, 5.41) is 4.15. The quantitative estimate of drug-likeness (QED) is 0.569. The van der Waals surface area contributed by atoms with E-state index in [4.69, 9.17) is 0 Å². The summed E-state index contributed by atoms with van der Waals surface area (Å²) in [6.07, 6.45) is 3.67. The zero-order valence-electron chi connectivity index (χ0n) is 8.09. The highest BCUT2D eigenvalue weighted by Crippen LogP contribution is 2.07. The number of thiol groups is 1. The minimum absolute atomic E-state index is 0.584. The molecule has 1 aromatic carbocycles. The Hall–Kier alpha value is -1.66. The molecule has 0 N–H and O–H groups in total. The normalized spacial score (nSPS) is 9.40. The summed E-state index contributed by atoms with van der Waals surface area (Å²) in [6, 6.07) is 9.85. The van der Waals surface area contributed by atoms with Gasteiger partial charge in [0.05, 0.1) is 11.4 Å². The minimum Gasteiger partial charge on any atom is -0.241 e. The van der Waals surface area contributed by atoms with Crippen LogP contribution in [0.4, 0.5) is 0 Å². The van der Waals surface area contributed by atoms with Crippen molar-refractivity contribution >= 4 is 12.6 Å². The molecule has 15 heavy (non-hydrogen) atoms. The molecule has 74 valence electrons. The van der Waals surface area contributed by atoms with Crippen LogP contribution in [0.3, 0.4) is 0 Å². The molecule has 0 atom stereocenters. The van der Waals surface area contributed by atoms with Crippen molar-refractivity contribution in [1.29, 1.82) is 0 Å². The number of hydrogen-bond acceptors (Lipinski definition) is 2. The Kier molecular flexibility index (Phi) is 3.11. The number of benzene rings is 1. The number of aromatic nitrogens is 2. The van der Waals surface area contributed by atoms with E-state index < -0.39 is 0 Å². The van der Waals surface area contributed by atoms with Crippen LogP contribution in [0.5, 0.6) is 0 Å². The summed E-state index contributed by atoms with van der Waals surface area (Å²) < 4.78 is 1.82. The van der Waals surface area contributed by atoms with Gasteiger partial charge < -0.3 is 0 Å². The van der Waals surface area contributed by atoms with Gasteiger partial charge >= 0.3 is 0 Å². The molecule has 0 bridgehead atoms. The average molecular weight is 214 g/mol. The third kappa shape index (κ3) is 2.42. The molecule has 0 spiro atoms. The minimum atomic E-state index is 0.584. The Labute approximate surface area is 94.3 Å². The van der Waals surface area contributed by atoms with Crippen molar-refractivity contribution in [3.05, 3.63) is 48.3 Å². The summed E-state index contributed by atoms with van der Waals surface area (Å²) >= 11 is 4.03. The van der Waals surface area contributed by atoms with Gasteiger partial charge in [0.2, 0.25) is 0 Å². The van der Waals surface area contributed by atoms with Crippen LogP contribution in [0, 0.1) is 11.8 Å². The van der Waals surface area contributed by atoms with Crippen LogP contribution in [0.1, 0.15) is 5.56 Å². The van der Waals surface area contributed by atoms with E-state index in [9.17, 15) is 0 Å². The first kappa shape index (κ1) is 9.88. The maximum absolute atomic E-state index is 4.15. The smallest absolute Gasteiger partial charge is 0.0646 e. The highest BCUT2D eigenvalue weighted by Gasteiger charge is 1.94. The second-order valence-corrected chi connectivity index (χ2v) is 3.27. The molecule has 0 fully saturated rings. The van der Waals surface area contributed by atoms with Crippen LogP contribution < -0.4 is 0 Å².